The Hall–Kier alpha value is -2.35. The number of hydrogen-bond donors (Lipinski definition) is 0. The van der Waals surface area contributed by atoms with Gasteiger partial charge in [0.1, 0.15) is 0 Å². The first-order chi connectivity index (χ1) is 10.8. The number of carbonyl (C=O) groups is 1. The van der Waals surface area contributed by atoms with E-state index in [9.17, 15) is 4.79 Å². The maximum atomic E-state index is 12.1. The SMILES string of the molecule is CCCCn1nnnc1COC(=O)c1ccc2ncsc2c1. The molecule has 0 radical (unpaired) electrons. The maximum absolute atomic E-state index is 12.1. The summed E-state index contributed by atoms with van der Waals surface area (Å²) in [6, 6.07) is 5.31. The van der Waals surface area contributed by atoms with Crippen LogP contribution >= 0.6 is 11.3 Å². The van der Waals surface area contributed by atoms with Gasteiger partial charge in [0.05, 0.1) is 21.3 Å². The van der Waals surface area contributed by atoms with Crippen molar-refractivity contribution in [3.05, 3.63) is 35.1 Å². The van der Waals surface area contributed by atoms with Gasteiger partial charge in [-0.3, -0.25) is 0 Å². The highest BCUT2D eigenvalue weighted by molar-refractivity contribution is 7.16. The van der Waals surface area contributed by atoms with Crippen molar-refractivity contribution in [1.82, 2.24) is 25.2 Å². The molecule has 0 unspecified atom stereocenters. The molecule has 7 nitrogen and oxygen atoms in total. The zero-order chi connectivity index (χ0) is 15.4. The van der Waals surface area contributed by atoms with Gasteiger partial charge >= 0.3 is 5.97 Å². The fraction of sp³-hybridized carbons (Fsp3) is 0.357. The third-order valence-electron chi connectivity index (χ3n) is 3.23. The zero-order valence-electron chi connectivity index (χ0n) is 12.1. The molecular formula is C14H15N5O2S. The van der Waals surface area contributed by atoms with Gasteiger partial charge in [0.15, 0.2) is 12.4 Å². The number of hydrogen-bond acceptors (Lipinski definition) is 7. The van der Waals surface area contributed by atoms with E-state index in [1.54, 1.807) is 22.3 Å². The van der Waals surface area contributed by atoms with E-state index in [0.29, 0.717) is 11.4 Å². The van der Waals surface area contributed by atoms with Crippen LogP contribution in [0.1, 0.15) is 35.9 Å². The van der Waals surface area contributed by atoms with Crippen LogP contribution < -0.4 is 0 Å². The van der Waals surface area contributed by atoms with Gasteiger partial charge in [0, 0.05) is 6.54 Å². The molecule has 1 aromatic carbocycles. The lowest BCUT2D eigenvalue weighted by Gasteiger charge is -2.05. The Labute approximate surface area is 130 Å². The van der Waals surface area contributed by atoms with E-state index >= 15 is 0 Å². The van der Waals surface area contributed by atoms with Gasteiger partial charge < -0.3 is 4.74 Å². The molecule has 0 atom stereocenters. The van der Waals surface area contributed by atoms with Crippen LogP contribution in [0.3, 0.4) is 0 Å². The van der Waals surface area contributed by atoms with Crippen LogP contribution in [0.2, 0.25) is 0 Å². The average molecular weight is 317 g/mol. The van der Waals surface area contributed by atoms with Gasteiger partial charge in [-0.2, -0.15) is 0 Å². The molecule has 0 aliphatic rings. The molecule has 0 saturated carbocycles. The molecule has 0 spiro atoms. The van der Waals surface area contributed by atoms with Crippen LogP contribution in [-0.4, -0.2) is 31.2 Å². The number of esters is 1. The van der Waals surface area contributed by atoms with Gasteiger partial charge in [0.25, 0.3) is 0 Å². The Morgan fingerprint density at radius 3 is 3.18 bits per heavy atom. The Kier molecular flexibility index (Phi) is 4.38. The zero-order valence-corrected chi connectivity index (χ0v) is 12.9. The third-order valence-corrected chi connectivity index (χ3v) is 4.02. The number of carbonyl (C=O) groups excluding carboxylic acids is 1. The lowest BCUT2D eigenvalue weighted by atomic mass is 10.2. The van der Waals surface area contributed by atoms with Crippen molar-refractivity contribution < 1.29 is 9.53 Å². The topological polar surface area (TPSA) is 82.8 Å². The molecule has 0 saturated heterocycles. The number of benzene rings is 1. The molecule has 3 aromatic rings. The van der Waals surface area contributed by atoms with E-state index in [2.05, 4.69) is 27.4 Å². The van der Waals surface area contributed by atoms with Gasteiger partial charge in [-0.15, -0.1) is 16.4 Å². The van der Waals surface area contributed by atoms with Gasteiger partial charge in [0.2, 0.25) is 0 Å². The molecule has 3 rings (SSSR count). The molecule has 2 heterocycles. The summed E-state index contributed by atoms with van der Waals surface area (Å²) in [4.78, 5) is 16.3. The van der Waals surface area contributed by atoms with E-state index in [1.807, 2.05) is 6.07 Å². The molecule has 8 heteroatoms. The highest BCUT2D eigenvalue weighted by atomic mass is 32.1. The Balaban J connectivity index is 1.65. The van der Waals surface area contributed by atoms with Crippen LogP contribution in [0, 0.1) is 0 Å². The largest absolute Gasteiger partial charge is 0.454 e. The summed E-state index contributed by atoms with van der Waals surface area (Å²) >= 11 is 1.49. The van der Waals surface area contributed by atoms with E-state index < -0.39 is 0 Å². The van der Waals surface area contributed by atoms with Crippen molar-refractivity contribution in [2.24, 2.45) is 0 Å². The molecule has 0 aliphatic carbocycles. The molecule has 0 N–H and O–H groups in total. The van der Waals surface area contributed by atoms with Gasteiger partial charge in [-0.1, -0.05) is 13.3 Å². The highest BCUT2D eigenvalue weighted by Crippen LogP contribution is 2.19. The summed E-state index contributed by atoms with van der Waals surface area (Å²) < 4.78 is 7.93. The molecule has 114 valence electrons. The van der Waals surface area contributed by atoms with Crippen molar-refractivity contribution >= 4 is 27.5 Å². The summed E-state index contributed by atoms with van der Waals surface area (Å²) in [6.07, 6.45) is 2.03. The third kappa shape index (κ3) is 3.11. The normalized spacial score (nSPS) is 11.0. The standard InChI is InChI=1S/C14H15N5O2S/c1-2-3-6-19-13(16-17-18-19)8-21-14(20)10-4-5-11-12(7-10)22-9-15-11/h4-5,7,9H,2-3,6,8H2,1H3. The first-order valence-electron chi connectivity index (χ1n) is 7.03. The smallest absolute Gasteiger partial charge is 0.338 e. The van der Waals surface area contributed by atoms with E-state index in [4.69, 9.17) is 4.74 Å². The predicted molar refractivity (Wildman–Crippen MR) is 81.5 cm³/mol. The summed E-state index contributed by atoms with van der Waals surface area (Å²) in [7, 11) is 0. The maximum Gasteiger partial charge on any atom is 0.338 e. The first kappa shape index (κ1) is 14.6. The number of rotatable bonds is 6. The monoisotopic (exact) mass is 317 g/mol. The molecule has 0 fully saturated rings. The lowest BCUT2D eigenvalue weighted by Crippen LogP contribution is -2.11. The Morgan fingerprint density at radius 2 is 2.32 bits per heavy atom. The number of ether oxygens (including phenoxy) is 1. The quantitative estimate of drug-likeness (QED) is 0.649. The molecule has 0 aliphatic heterocycles. The van der Waals surface area contributed by atoms with E-state index in [0.717, 1.165) is 29.6 Å². The van der Waals surface area contributed by atoms with Crippen molar-refractivity contribution in [3.8, 4) is 0 Å². The van der Waals surface area contributed by atoms with Crippen LogP contribution in [-0.2, 0) is 17.9 Å². The second-order valence-corrected chi connectivity index (χ2v) is 5.67. The van der Waals surface area contributed by atoms with E-state index in [-0.39, 0.29) is 12.6 Å². The first-order valence-corrected chi connectivity index (χ1v) is 7.91. The van der Waals surface area contributed by atoms with Crippen LogP contribution in [0.25, 0.3) is 10.2 Å². The molecular weight excluding hydrogens is 302 g/mol. The summed E-state index contributed by atoms with van der Waals surface area (Å²) in [6.45, 7) is 2.89. The number of aryl methyl sites for hydroxylation is 1. The number of thiazole rings is 1. The average Bonchev–Trinajstić information content (AvgIpc) is 3.18. The number of aromatic nitrogens is 5. The second kappa shape index (κ2) is 6.61. The predicted octanol–water partition coefficient (Wildman–Crippen LogP) is 2.44. The van der Waals surface area contributed by atoms with Crippen LogP contribution in [0.5, 0.6) is 0 Å². The van der Waals surface area contributed by atoms with Crippen LogP contribution in [0.4, 0.5) is 0 Å². The Morgan fingerprint density at radius 1 is 1.41 bits per heavy atom. The summed E-state index contributed by atoms with van der Waals surface area (Å²) in [5.74, 6) is 0.168. The van der Waals surface area contributed by atoms with Crippen molar-refractivity contribution in [1.29, 1.82) is 0 Å². The van der Waals surface area contributed by atoms with Crippen molar-refractivity contribution in [2.45, 2.75) is 32.9 Å². The van der Waals surface area contributed by atoms with Gasteiger partial charge in [-0.05, 0) is 35.0 Å². The summed E-state index contributed by atoms with van der Waals surface area (Å²) in [5, 5.41) is 11.4. The minimum Gasteiger partial charge on any atom is -0.454 e. The molecule has 0 bridgehead atoms. The number of nitrogens with zero attached hydrogens (tertiary/aromatic N) is 5. The van der Waals surface area contributed by atoms with E-state index in [1.165, 1.54) is 11.3 Å². The number of unbranched alkanes of at least 4 members (excludes halogenated alkanes) is 1. The number of tetrazole rings is 1. The van der Waals surface area contributed by atoms with Crippen molar-refractivity contribution in [3.63, 3.8) is 0 Å². The summed E-state index contributed by atoms with van der Waals surface area (Å²) in [5.41, 5.74) is 3.14. The Bertz CT molecular complexity index is 782. The minimum absolute atomic E-state index is 0.0657. The van der Waals surface area contributed by atoms with Crippen LogP contribution in [0.15, 0.2) is 23.7 Å². The highest BCUT2D eigenvalue weighted by Gasteiger charge is 2.12. The molecule has 2 aromatic heterocycles. The molecule has 22 heavy (non-hydrogen) atoms. The van der Waals surface area contributed by atoms with Crippen molar-refractivity contribution in [2.75, 3.05) is 0 Å². The molecule has 0 amide bonds. The fourth-order valence-electron chi connectivity index (χ4n) is 2.00. The fourth-order valence-corrected chi connectivity index (χ4v) is 2.72. The van der Waals surface area contributed by atoms with Gasteiger partial charge in [-0.25, -0.2) is 14.5 Å². The lowest BCUT2D eigenvalue weighted by molar-refractivity contribution is 0.0456. The number of fused-ring (bicyclic) bond motifs is 1. The second-order valence-electron chi connectivity index (χ2n) is 4.78. The minimum atomic E-state index is -0.389.